The number of nitrogens with zero attached hydrogens (tertiary/aromatic N) is 12. The van der Waals surface area contributed by atoms with Gasteiger partial charge in [-0.2, -0.15) is 0 Å². The van der Waals surface area contributed by atoms with Crippen LogP contribution in [-0.2, 0) is 68.2 Å². The Morgan fingerprint density at radius 3 is 1.03 bits per heavy atom. The molecule has 650 valence electrons. The molecule has 6 aromatic heterocycles. The Labute approximate surface area is 711 Å². The maximum absolute atomic E-state index is 12.6. The van der Waals surface area contributed by atoms with Crippen LogP contribution in [0.2, 0.25) is 0 Å². The molecule has 6 fully saturated rings. The molecule has 0 bridgehead atoms. The molecule has 124 heavy (non-hydrogen) atoms. The van der Waals surface area contributed by atoms with E-state index in [0.717, 1.165) is 52.6 Å². The van der Waals surface area contributed by atoms with Gasteiger partial charge in [-0.05, 0) is 101 Å². The maximum Gasteiger partial charge on any atom is 0.303 e. The van der Waals surface area contributed by atoms with Crippen molar-refractivity contribution in [2.75, 3.05) is 104 Å². The third kappa shape index (κ3) is 17.7. The number of rotatable bonds is 28. The van der Waals surface area contributed by atoms with Crippen molar-refractivity contribution in [3.63, 3.8) is 0 Å². The SMILES string of the molecule is COc1ccc(C(OC[C@H]2O[C@@H](n3cnc4c(N[C@@H]5CCOC5)ncnc43)[C@H](O)[C@@H]2O)(c2ccccc2)c2ccc(OC)cc2)cc1.COc1ccc(C(OC[C@H]2O[C@@H](n3cnc4c(N[C@@H]5CCOC5)ncnc43)[C@H](OC(C)=O)[C@@H]2OC(C)=O)(c2ccccc2)c2ccc(OC)cc2)cc1.OC[C@H]1O[C@@H](n2cnc3c(N[C@@H]4CCOC4)ncnc32)[C@H](O)[C@@H]1O. The van der Waals surface area contributed by atoms with Crippen LogP contribution in [0.5, 0.6) is 23.0 Å². The van der Waals surface area contributed by atoms with Crippen LogP contribution in [-0.4, -0.2) is 257 Å². The number of nitrogens with one attached hydrogen (secondary N) is 3. The van der Waals surface area contributed by atoms with E-state index in [4.69, 9.17) is 66.3 Å². The lowest BCUT2D eigenvalue weighted by Crippen LogP contribution is -2.42. The van der Waals surface area contributed by atoms with E-state index in [2.05, 4.69) is 60.8 Å². The number of imidazole rings is 3. The van der Waals surface area contributed by atoms with E-state index in [1.54, 1.807) is 50.2 Å². The van der Waals surface area contributed by atoms with E-state index < -0.39 is 96.8 Å². The number of ether oxygens (including phenoxy) is 14. The quantitative estimate of drug-likeness (QED) is 0.0178. The number of benzene rings is 6. The second kappa shape index (κ2) is 38.4. The predicted octanol–water partition coefficient (Wildman–Crippen LogP) is 7.12. The summed E-state index contributed by atoms with van der Waals surface area (Å²) in [6, 6.07) is 50.6. The first-order valence-corrected chi connectivity index (χ1v) is 40.7. The Morgan fingerprint density at radius 2 is 0.710 bits per heavy atom. The first-order chi connectivity index (χ1) is 60.5. The number of hydrogen-bond donors (Lipinski definition) is 8. The Kier molecular flexibility index (Phi) is 26.5. The summed E-state index contributed by atoms with van der Waals surface area (Å²) in [5.41, 5.74) is 5.60. The Morgan fingerprint density at radius 1 is 0.395 bits per heavy atom. The van der Waals surface area contributed by atoms with Crippen LogP contribution in [0.1, 0.15) is 85.2 Å². The Bertz CT molecular complexity index is 5440. The monoisotopic (exact) mass is 1700 g/mol. The fourth-order valence-corrected chi connectivity index (χ4v) is 16.4. The highest BCUT2D eigenvalue weighted by Gasteiger charge is 2.53. The molecule has 0 saturated carbocycles. The second-order valence-electron chi connectivity index (χ2n) is 30.4. The van der Waals surface area contributed by atoms with Crippen LogP contribution < -0.4 is 34.9 Å². The van der Waals surface area contributed by atoms with Gasteiger partial charge >= 0.3 is 11.9 Å². The first-order valence-electron chi connectivity index (χ1n) is 40.7. The van der Waals surface area contributed by atoms with Crippen molar-refractivity contribution in [1.82, 2.24) is 58.6 Å². The number of fused-ring (bicyclic) bond motifs is 3. The molecule has 0 aliphatic carbocycles. The third-order valence-electron chi connectivity index (χ3n) is 22.7. The number of carbonyl (C=O) groups is 2. The summed E-state index contributed by atoms with van der Waals surface area (Å²) in [5.74, 6) is 3.30. The zero-order valence-corrected chi connectivity index (χ0v) is 68.8. The normalized spacial score (nSPS) is 24.2. The summed E-state index contributed by atoms with van der Waals surface area (Å²) in [6.07, 6.45) is -1.09. The molecule has 0 amide bonds. The van der Waals surface area contributed by atoms with Crippen molar-refractivity contribution in [2.45, 2.75) is 136 Å². The molecule has 12 aromatic rings. The fraction of sp³-hybridized carbons (Fsp3) is 0.398. The number of carbonyl (C=O) groups excluding carboxylic acids is 2. The Hall–Kier alpha value is -12.0. The average Bonchev–Trinajstić information content (AvgIpc) is 1.30. The maximum atomic E-state index is 12.6. The van der Waals surface area contributed by atoms with E-state index in [0.29, 0.717) is 114 Å². The molecule has 0 radical (unpaired) electrons. The largest absolute Gasteiger partial charge is 0.497 e. The predicted molar refractivity (Wildman–Crippen MR) is 445 cm³/mol. The smallest absolute Gasteiger partial charge is 0.303 e. The summed E-state index contributed by atoms with van der Waals surface area (Å²) in [6.45, 7) is 5.85. The molecule has 6 aliphatic heterocycles. The highest BCUT2D eigenvalue weighted by Crippen LogP contribution is 2.47. The van der Waals surface area contributed by atoms with Gasteiger partial charge < -0.3 is 108 Å². The average molecular weight is 1700 g/mol. The van der Waals surface area contributed by atoms with Gasteiger partial charge in [-0.15, -0.1) is 0 Å². The number of aromatic nitrogens is 12. The van der Waals surface area contributed by atoms with Gasteiger partial charge in [0, 0.05) is 33.7 Å². The van der Waals surface area contributed by atoms with Gasteiger partial charge in [0.05, 0.1) is 105 Å². The van der Waals surface area contributed by atoms with E-state index in [1.807, 2.05) is 158 Å². The van der Waals surface area contributed by atoms with Gasteiger partial charge in [-0.3, -0.25) is 23.3 Å². The number of aliphatic hydroxyl groups is 5. The highest BCUT2D eigenvalue weighted by atomic mass is 16.7. The second-order valence-corrected chi connectivity index (χ2v) is 30.4. The standard InChI is InChI=1S/C39H41N5O9.C35H37N5O7.C14H19N5O5/c1-24(45)51-34-32(53-38(35(34)52-25(2)46)44-23-42-33-36(40-22-41-37(33)44)43-29-18-19-49-20-29)21-50-39(26-8-6-5-7-9-26,27-10-14-30(47-3)15-11-27)28-12-16-31(48-4)17-13-28;1-43-26-12-8-23(9-13-26)35(22-6-4-3-5-7-22,24-10-14-27(44-2)15-11-24)46-19-28-30(41)31(42)34(47-28)40-21-38-29-32(36-20-37-33(29)40)39-25-16-17-45-18-25;20-3-8-10(21)11(22)14(24-8)19-6-17-9-12(15-5-16-13(9)19)18-7-1-2-23-4-7/h5-17,22-23,29,32,34-35,38H,18-21H2,1-4H3,(H,40,41,43);3-15,20-21,25,28,30-31,34,41-42H,16-19H2,1-2H3,(H,36,37,39);5-8,10-11,14,20-22H,1-4H2,(H,15,16,18)/t29-,32-,34-,35-,38-;25-,28-,30-,31-,34-;7-,8-,10-,11-,14-/m111/s1. The molecule has 12 heterocycles. The van der Waals surface area contributed by atoms with Crippen molar-refractivity contribution in [3.05, 3.63) is 229 Å². The zero-order chi connectivity index (χ0) is 86.0. The van der Waals surface area contributed by atoms with Crippen LogP contribution in [0.15, 0.2) is 196 Å². The minimum atomic E-state index is -1.27. The summed E-state index contributed by atoms with van der Waals surface area (Å²) >= 11 is 0. The van der Waals surface area contributed by atoms with E-state index >= 15 is 0 Å². The van der Waals surface area contributed by atoms with Crippen LogP contribution >= 0.6 is 0 Å². The van der Waals surface area contributed by atoms with Gasteiger partial charge in [-0.25, -0.2) is 44.9 Å². The highest BCUT2D eigenvalue weighted by molar-refractivity contribution is 5.85. The molecule has 36 nitrogen and oxygen atoms in total. The molecule has 6 aromatic carbocycles. The number of methoxy groups -OCH3 is 4. The van der Waals surface area contributed by atoms with Crippen LogP contribution in [0, 0.1) is 0 Å². The van der Waals surface area contributed by atoms with Gasteiger partial charge in [0.15, 0.2) is 81.8 Å². The van der Waals surface area contributed by atoms with E-state index in [9.17, 15) is 35.1 Å². The molecule has 8 N–H and O–H groups in total. The lowest BCUT2D eigenvalue weighted by atomic mass is 9.80. The number of hydrogen-bond acceptors (Lipinski definition) is 33. The van der Waals surface area contributed by atoms with Gasteiger partial charge in [-0.1, -0.05) is 109 Å². The lowest BCUT2D eigenvalue weighted by Gasteiger charge is -2.37. The molecule has 0 unspecified atom stereocenters. The van der Waals surface area contributed by atoms with Gasteiger partial charge in [0.1, 0.15) is 95.9 Å². The molecule has 6 aliphatic rings. The first kappa shape index (κ1) is 85.5. The minimum absolute atomic E-state index is 0.0578. The number of esters is 2. The molecule has 36 heteroatoms. The van der Waals surface area contributed by atoms with Crippen molar-refractivity contribution in [2.24, 2.45) is 0 Å². The van der Waals surface area contributed by atoms with E-state index in [-0.39, 0.29) is 37.9 Å². The van der Waals surface area contributed by atoms with Crippen LogP contribution in [0.3, 0.4) is 0 Å². The summed E-state index contributed by atoms with van der Waals surface area (Å²) in [4.78, 5) is 64.9. The third-order valence-corrected chi connectivity index (χ3v) is 22.7. The molecule has 15 atom stereocenters. The van der Waals surface area contributed by atoms with Crippen molar-refractivity contribution < 1.29 is 101 Å². The van der Waals surface area contributed by atoms with Crippen molar-refractivity contribution in [3.8, 4) is 23.0 Å². The van der Waals surface area contributed by atoms with Crippen molar-refractivity contribution >= 4 is 62.9 Å². The topological polar surface area (TPSA) is 431 Å². The number of anilines is 3. The Balaban J connectivity index is 0.000000146. The summed E-state index contributed by atoms with van der Waals surface area (Å²) in [5, 5.41) is 61.9. The molecule has 18 rings (SSSR count). The minimum Gasteiger partial charge on any atom is -0.497 e. The van der Waals surface area contributed by atoms with Crippen LogP contribution in [0.25, 0.3) is 33.5 Å². The zero-order valence-electron chi connectivity index (χ0n) is 68.8. The lowest BCUT2D eigenvalue weighted by molar-refractivity contribution is -0.166. The number of aliphatic hydroxyl groups excluding tert-OH is 5. The molecule has 0 spiro atoms. The van der Waals surface area contributed by atoms with Crippen LogP contribution in [0.4, 0.5) is 17.5 Å². The summed E-state index contributed by atoms with van der Waals surface area (Å²) in [7, 11) is 6.47. The van der Waals surface area contributed by atoms with Gasteiger partial charge in [0.25, 0.3) is 0 Å². The summed E-state index contributed by atoms with van der Waals surface area (Å²) < 4.78 is 87.4. The molecular weight excluding hydrogens is 1600 g/mol. The molecular formula is C88H97N15O21. The van der Waals surface area contributed by atoms with E-state index in [1.165, 1.54) is 43.7 Å². The van der Waals surface area contributed by atoms with Gasteiger partial charge in [0.2, 0.25) is 0 Å². The van der Waals surface area contributed by atoms with Crippen molar-refractivity contribution in [1.29, 1.82) is 0 Å². The molecule has 6 saturated heterocycles. The fourth-order valence-electron chi connectivity index (χ4n) is 16.4.